The summed E-state index contributed by atoms with van der Waals surface area (Å²) in [6, 6.07) is 15.4. The van der Waals surface area contributed by atoms with E-state index in [9.17, 15) is 13.2 Å². The van der Waals surface area contributed by atoms with Crippen LogP contribution in [0, 0.1) is 6.92 Å². The molecule has 2 aromatic carbocycles. The number of carbonyl (C=O) groups excluding carboxylic acids is 1. The van der Waals surface area contributed by atoms with Crippen LogP contribution in [-0.4, -0.2) is 21.4 Å². The normalized spacial score (nSPS) is 11.3. The molecular weight excluding hydrogens is 336 g/mol. The molecule has 0 saturated heterocycles. The molecule has 0 aliphatic carbocycles. The van der Waals surface area contributed by atoms with Gasteiger partial charge in [0.1, 0.15) is 0 Å². The number of carbonyl (C=O) groups is 1. The van der Waals surface area contributed by atoms with Crippen molar-refractivity contribution < 1.29 is 13.2 Å². The monoisotopic (exact) mass is 360 g/mol. The summed E-state index contributed by atoms with van der Waals surface area (Å²) in [7, 11) is -1.87. The molecule has 6 heteroatoms. The van der Waals surface area contributed by atoms with Gasteiger partial charge in [0.05, 0.1) is 5.75 Å². The molecule has 134 valence electrons. The van der Waals surface area contributed by atoms with Crippen LogP contribution < -0.4 is 10.0 Å². The third-order valence-corrected chi connectivity index (χ3v) is 5.28. The van der Waals surface area contributed by atoms with Gasteiger partial charge < -0.3 is 5.32 Å². The Morgan fingerprint density at radius 1 is 0.920 bits per heavy atom. The molecule has 0 saturated carbocycles. The topological polar surface area (TPSA) is 75.3 Å². The average molecular weight is 360 g/mol. The Balaban J connectivity index is 1.78. The van der Waals surface area contributed by atoms with Gasteiger partial charge in [0.2, 0.25) is 15.9 Å². The first kappa shape index (κ1) is 19.1. The summed E-state index contributed by atoms with van der Waals surface area (Å²) in [6.07, 6.45) is 1.16. The van der Waals surface area contributed by atoms with Crippen LogP contribution in [0.15, 0.2) is 48.5 Å². The number of sulfonamides is 1. The van der Waals surface area contributed by atoms with Crippen molar-refractivity contribution in [3.05, 3.63) is 70.8 Å². The molecule has 0 fully saturated rings. The van der Waals surface area contributed by atoms with Crippen molar-refractivity contribution in [2.75, 3.05) is 7.05 Å². The second-order valence-electron chi connectivity index (χ2n) is 6.04. The van der Waals surface area contributed by atoms with E-state index in [0.717, 1.165) is 11.1 Å². The minimum Gasteiger partial charge on any atom is -0.352 e. The molecule has 0 heterocycles. The lowest BCUT2D eigenvalue weighted by molar-refractivity contribution is -0.121. The molecule has 1 amide bonds. The summed E-state index contributed by atoms with van der Waals surface area (Å²) in [6.45, 7) is 2.47. The summed E-state index contributed by atoms with van der Waals surface area (Å²) >= 11 is 0. The van der Waals surface area contributed by atoms with Crippen LogP contribution >= 0.6 is 0 Å². The summed E-state index contributed by atoms with van der Waals surface area (Å²) in [5.41, 5.74) is 4.01. The van der Waals surface area contributed by atoms with Crippen molar-refractivity contribution in [3.63, 3.8) is 0 Å². The van der Waals surface area contributed by atoms with Crippen molar-refractivity contribution in [2.45, 2.75) is 32.1 Å². The first-order chi connectivity index (χ1) is 11.9. The zero-order valence-electron chi connectivity index (χ0n) is 14.6. The van der Waals surface area contributed by atoms with Crippen LogP contribution in [0.2, 0.25) is 0 Å². The highest BCUT2D eigenvalue weighted by molar-refractivity contribution is 7.88. The smallest absolute Gasteiger partial charge is 0.220 e. The zero-order chi connectivity index (χ0) is 18.3. The Morgan fingerprint density at radius 2 is 1.48 bits per heavy atom. The number of benzene rings is 2. The van der Waals surface area contributed by atoms with Crippen LogP contribution in [0.5, 0.6) is 0 Å². The molecule has 2 aromatic rings. The van der Waals surface area contributed by atoms with E-state index >= 15 is 0 Å². The summed E-state index contributed by atoms with van der Waals surface area (Å²) < 4.78 is 25.3. The zero-order valence-corrected chi connectivity index (χ0v) is 15.4. The Hall–Kier alpha value is -2.18. The highest BCUT2D eigenvalue weighted by Gasteiger charge is 2.08. The number of amides is 1. The van der Waals surface area contributed by atoms with Gasteiger partial charge in [0, 0.05) is 13.0 Å². The Kier molecular flexibility index (Phi) is 6.73. The maximum atomic E-state index is 12.0. The molecule has 25 heavy (non-hydrogen) atoms. The van der Waals surface area contributed by atoms with Crippen LogP contribution in [0.25, 0.3) is 0 Å². The Bertz CT molecular complexity index is 798. The number of hydrogen-bond donors (Lipinski definition) is 2. The average Bonchev–Trinajstić information content (AvgIpc) is 2.60. The molecule has 0 atom stereocenters. The summed E-state index contributed by atoms with van der Waals surface area (Å²) in [5, 5.41) is 2.89. The fourth-order valence-corrected chi connectivity index (χ4v) is 3.12. The van der Waals surface area contributed by atoms with Gasteiger partial charge in [0.25, 0.3) is 0 Å². The van der Waals surface area contributed by atoms with Crippen molar-refractivity contribution in [1.29, 1.82) is 0 Å². The van der Waals surface area contributed by atoms with Gasteiger partial charge in [-0.15, -0.1) is 0 Å². The molecule has 5 nitrogen and oxygen atoms in total. The molecule has 0 bridgehead atoms. The predicted molar refractivity (Wildman–Crippen MR) is 99.5 cm³/mol. The van der Waals surface area contributed by atoms with E-state index in [1.807, 2.05) is 43.3 Å². The standard InChI is InChI=1S/C19H24N2O3S/c1-15-3-5-16(6-4-15)11-12-19(22)21-13-17-7-9-18(10-8-17)14-25(23,24)20-2/h3-10,20H,11-14H2,1-2H3,(H,21,22). The largest absolute Gasteiger partial charge is 0.352 e. The molecule has 2 N–H and O–H groups in total. The first-order valence-corrected chi connectivity index (χ1v) is 9.84. The summed E-state index contributed by atoms with van der Waals surface area (Å²) in [5.74, 6) is -0.0467. The second-order valence-corrected chi connectivity index (χ2v) is 7.97. The van der Waals surface area contributed by atoms with E-state index in [4.69, 9.17) is 0 Å². The van der Waals surface area contributed by atoms with Gasteiger partial charge in [-0.3, -0.25) is 4.79 Å². The van der Waals surface area contributed by atoms with E-state index in [1.54, 1.807) is 12.1 Å². The third-order valence-electron chi connectivity index (χ3n) is 3.94. The minimum absolute atomic E-state index is 0.00223. The molecule has 2 rings (SSSR count). The molecule has 0 unspecified atom stereocenters. The maximum absolute atomic E-state index is 12.0. The van der Waals surface area contributed by atoms with Crippen molar-refractivity contribution in [2.24, 2.45) is 0 Å². The van der Waals surface area contributed by atoms with Crippen molar-refractivity contribution in [3.8, 4) is 0 Å². The molecule has 0 aromatic heterocycles. The highest BCUT2D eigenvalue weighted by Crippen LogP contribution is 2.08. The van der Waals surface area contributed by atoms with Crippen molar-refractivity contribution in [1.82, 2.24) is 10.0 Å². The quantitative estimate of drug-likeness (QED) is 0.758. The van der Waals surface area contributed by atoms with E-state index in [-0.39, 0.29) is 11.7 Å². The van der Waals surface area contributed by atoms with Gasteiger partial charge in [-0.1, -0.05) is 54.1 Å². The second kappa shape index (κ2) is 8.78. The van der Waals surface area contributed by atoms with Crippen LogP contribution in [-0.2, 0) is 33.5 Å². The first-order valence-electron chi connectivity index (χ1n) is 8.19. The van der Waals surface area contributed by atoms with Crippen molar-refractivity contribution >= 4 is 15.9 Å². The van der Waals surface area contributed by atoms with Gasteiger partial charge in [-0.2, -0.15) is 0 Å². The van der Waals surface area contributed by atoms with Crippen LogP contribution in [0.3, 0.4) is 0 Å². The van der Waals surface area contributed by atoms with E-state index in [2.05, 4.69) is 10.0 Å². The Labute approximate surface area is 149 Å². The lowest BCUT2D eigenvalue weighted by Gasteiger charge is -2.07. The number of nitrogens with one attached hydrogen (secondary N) is 2. The summed E-state index contributed by atoms with van der Waals surface area (Å²) in [4.78, 5) is 12.0. The molecule has 0 radical (unpaired) electrons. The van der Waals surface area contributed by atoms with E-state index in [1.165, 1.54) is 12.6 Å². The lowest BCUT2D eigenvalue weighted by Crippen LogP contribution is -2.23. The van der Waals surface area contributed by atoms with Gasteiger partial charge >= 0.3 is 0 Å². The lowest BCUT2D eigenvalue weighted by atomic mass is 10.1. The number of aryl methyl sites for hydroxylation is 2. The number of hydrogen-bond acceptors (Lipinski definition) is 3. The fourth-order valence-electron chi connectivity index (χ4n) is 2.35. The van der Waals surface area contributed by atoms with Crippen LogP contribution in [0.1, 0.15) is 28.7 Å². The third kappa shape index (κ3) is 6.68. The van der Waals surface area contributed by atoms with Gasteiger partial charge in [-0.25, -0.2) is 13.1 Å². The van der Waals surface area contributed by atoms with Crippen LogP contribution in [0.4, 0.5) is 0 Å². The van der Waals surface area contributed by atoms with Gasteiger partial charge in [0.15, 0.2) is 0 Å². The SMILES string of the molecule is CNS(=O)(=O)Cc1ccc(CNC(=O)CCc2ccc(C)cc2)cc1. The predicted octanol–water partition coefficient (Wildman–Crippen LogP) is 2.29. The fraction of sp³-hybridized carbons (Fsp3) is 0.316. The molecule has 0 aliphatic rings. The minimum atomic E-state index is -3.27. The number of rotatable bonds is 8. The van der Waals surface area contributed by atoms with E-state index in [0.29, 0.717) is 24.9 Å². The van der Waals surface area contributed by atoms with Gasteiger partial charge in [-0.05, 0) is 37.1 Å². The maximum Gasteiger partial charge on any atom is 0.220 e. The Morgan fingerprint density at radius 3 is 2.08 bits per heavy atom. The molecular formula is C19H24N2O3S. The highest BCUT2D eigenvalue weighted by atomic mass is 32.2. The molecule has 0 aliphatic heterocycles. The van der Waals surface area contributed by atoms with E-state index < -0.39 is 10.0 Å². The molecule has 0 spiro atoms.